The summed E-state index contributed by atoms with van der Waals surface area (Å²) in [6.45, 7) is 0.525. The van der Waals surface area contributed by atoms with Crippen LogP contribution in [-0.4, -0.2) is 35.0 Å². The second-order valence-corrected chi connectivity index (χ2v) is 10.8. The van der Waals surface area contributed by atoms with Gasteiger partial charge in [-0.15, -0.1) is 0 Å². The van der Waals surface area contributed by atoms with Gasteiger partial charge in [0.25, 0.3) is 0 Å². The molecule has 1 heterocycles. The van der Waals surface area contributed by atoms with Gasteiger partial charge in [-0.3, -0.25) is 4.79 Å². The Balaban J connectivity index is 1.33. The van der Waals surface area contributed by atoms with Crippen LogP contribution in [0.1, 0.15) is 23.6 Å². The molecule has 1 aliphatic carbocycles. The fourth-order valence-electron chi connectivity index (χ4n) is 4.27. The summed E-state index contributed by atoms with van der Waals surface area (Å²) in [6.07, 6.45) is 3.47. The van der Waals surface area contributed by atoms with Crippen LogP contribution < -0.4 is 10.0 Å². The average Bonchev–Trinajstić information content (AvgIpc) is 3.35. The van der Waals surface area contributed by atoms with E-state index in [1.807, 2.05) is 36.4 Å². The largest absolute Gasteiger partial charge is 0.480 e. The van der Waals surface area contributed by atoms with Crippen LogP contribution in [0, 0.1) is 0 Å². The zero-order valence-electron chi connectivity index (χ0n) is 19.0. The lowest BCUT2D eigenvalue weighted by Crippen LogP contribution is -2.44. The molecule has 0 spiro atoms. The van der Waals surface area contributed by atoms with Gasteiger partial charge in [-0.25, -0.2) is 13.4 Å². The molecule has 0 amide bonds. The lowest BCUT2D eigenvalue weighted by atomic mass is 10.1. The van der Waals surface area contributed by atoms with Gasteiger partial charge in [-0.1, -0.05) is 48.0 Å². The van der Waals surface area contributed by atoms with Gasteiger partial charge in [-0.05, 0) is 59.5 Å². The summed E-state index contributed by atoms with van der Waals surface area (Å²) in [5.74, 6) is -1.70. The van der Waals surface area contributed by atoms with Crippen molar-refractivity contribution in [1.82, 2.24) is 14.7 Å². The van der Waals surface area contributed by atoms with Crippen molar-refractivity contribution in [3.63, 3.8) is 0 Å². The molecule has 10 heteroatoms. The molecule has 8 nitrogen and oxygen atoms in total. The summed E-state index contributed by atoms with van der Waals surface area (Å²) in [5.41, 5.74) is 2.56. The van der Waals surface area contributed by atoms with Gasteiger partial charge in [0.15, 0.2) is 0 Å². The fraction of sp³-hybridized carbons (Fsp3) is 0.154. The highest BCUT2D eigenvalue weighted by Crippen LogP contribution is 2.52. The number of H-pyrrole nitrogens is 1. The van der Waals surface area contributed by atoms with Crippen molar-refractivity contribution >= 4 is 33.3 Å². The van der Waals surface area contributed by atoms with Gasteiger partial charge in [0, 0.05) is 22.8 Å². The topological polar surface area (TPSA) is 124 Å². The van der Waals surface area contributed by atoms with Crippen molar-refractivity contribution in [2.45, 2.75) is 29.3 Å². The van der Waals surface area contributed by atoms with Crippen LogP contribution >= 0.6 is 11.6 Å². The van der Waals surface area contributed by atoms with Crippen molar-refractivity contribution in [1.29, 1.82) is 0 Å². The number of nitrogens with one attached hydrogen (secondary N) is 3. The summed E-state index contributed by atoms with van der Waals surface area (Å²) in [4.78, 5) is 19.2. The van der Waals surface area contributed by atoms with E-state index in [9.17, 15) is 18.3 Å². The maximum atomic E-state index is 13.1. The van der Waals surface area contributed by atoms with Gasteiger partial charge in [0.1, 0.15) is 5.54 Å². The second-order valence-electron chi connectivity index (χ2n) is 8.73. The van der Waals surface area contributed by atoms with Crippen LogP contribution in [-0.2, 0) is 21.4 Å². The first-order valence-electron chi connectivity index (χ1n) is 11.2. The molecule has 3 aromatic carbocycles. The van der Waals surface area contributed by atoms with Crippen LogP contribution in [0.3, 0.4) is 0 Å². The number of halogens is 1. The molecule has 0 saturated heterocycles. The second kappa shape index (κ2) is 9.42. The van der Waals surface area contributed by atoms with E-state index in [0.29, 0.717) is 11.6 Å². The summed E-state index contributed by atoms with van der Waals surface area (Å²) >= 11 is 5.94. The van der Waals surface area contributed by atoms with E-state index in [0.717, 1.165) is 28.1 Å². The molecule has 1 aliphatic rings. The number of rotatable bonds is 9. The lowest BCUT2D eigenvalue weighted by molar-refractivity contribution is -0.140. The molecule has 5 rings (SSSR count). The molecule has 1 fully saturated rings. The molecule has 4 aromatic rings. The summed E-state index contributed by atoms with van der Waals surface area (Å²) < 4.78 is 28.8. The van der Waals surface area contributed by atoms with E-state index in [1.54, 1.807) is 36.8 Å². The zero-order chi connectivity index (χ0) is 25.3. The first-order chi connectivity index (χ1) is 17.3. The first kappa shape index (κ1) is 24.1. The van der Waals surface area contributed by atoms with Crippen LogP contribution in [0.5, 0.6) is 0 Å². The molecule has 2 atom stereocenters. The van der Waals surface area contributed by atoms with E-state index >= 15 is 0 Å². The van der Waals surface area contributed by atoms with Crippen molar-refractivity contribution in [2.24, 2.45) is 0 Å². The summed E-state index contributed by atoms with van der Waals surface area (Å²) in [5, 5.41) is 13.9. The highest BCUT2D eigenvalue weighted by atomic mass is 35.5. The highest BCUT2D eigenvalue weighted by molar-refractivity contribution is 7.89. The predicted octanol–water partition coefficient (Wildman–Crippen LogP) is 4.63. The van der Waals surface area contributed by atoms with Crippen LogP contribution in [0.25, 0.3) is 11.1 Å². The Labute approximate surface area is 213 Å². The van der Waals surface area contributed by atoms with E-state index in [4.69, 9.17) is 11.6 Å². The number of aromatic amines is 1. The number of aromatic nitrogens is 2. The number of hydrogen-bond acceptors (Lipinski definition) is 5. The molecule has 184 valence electrons. The average molecular weight is 523 g/mol. The third-order valence-electron chi connectivity index (χ3n) is 6.33. The third kappa shape index (κ3) is 4.86. The standard InChI is InChI=1S/C26H23ClN4O4S/c27-20-8-4-17(5-9-20)18-6-10-23(11-7-18)36(34,35)31-26(25(32)33)13-24(26)19-2-1-3-21(12-19)29-15-22-14-28-16-30-22/h1-12,14,16,24,29,31H,13,15H2,(H,28,30)(H,32,33). The van der Waals surface area contributed by atoms with Crippen LogP contribution in [0.15, 0.2) is 90.2 Å². The number of carboxylic acids is 1. The minimum Gasteiger partial charge on any atom is -0.480 e. The lowest BCUT2D eigenvalue weighted by Gasteiger charge is -2.16. The fourth-order valence-corrected chi connectivity index (χ4v) is 5.80. The number of imidazole rings is 1. The Morgan fingerprint density at radius 1 is 1.08 bits per heavy atom. The number of aliphatic carboxylic acids is 1. The summed E-state index contributed by atoms with van der Waals surface area (Å²) in [6, 6.07) is 20.9. The Morgan fingerprint density at radius 3 is 2.42 bits per heavy atom. The van der Waals surface area contributed by atoms with Crippen molar-refractivity contribution in [3.05, 3.63) is 102 Å². The maximum Gasteiger partial charge on any atom is 0.325 e. The maximum absolute atomic E-state index is 13.1. The number of nitrogens with zero attached hydrogens (tertiary/aromatic N) is 1. The zero-order valence-corrected chi connectivity index (χ0v) is 20.6. The Bertz CT molecular complexity index is 1490. The number of sulfonamides is 1. The minimum atomic E-state index is -4.08. The van der Waals surface area contributed by atoms with Crippen molar-refractivity contribution < 1.29 is 18.3 Å². The monoisotopic (exact) mass is 522 g/mol. The van der Waals surface area contributed by atoms with Gasteiger partial charge in [0.2, 0.25) is 10.0 Å². The molecule has 0 bridgehead atoms. The molecule has 1 aromatic heterocycles. The number of hydrogen-bond donors (Lipinski definition) is 4. The number of benzene rings is 3. The molecule has 0 radical (unpaired) electrons. The van der Waals surface area contributed by atoms with E-state index < -0.39 is 27.4 Å². The number of carboxylic acid groups (broad SMARTS) is 1. The molecule has 36 heavy (non-hydrogen) atoms. The predicted molar refractivity (Wildman–Crippen MR) is 137 cm³/mol. The molecular formula is C26H23ClN4O4S. The van der Waals surface area contributed by atoms with Crippen molar-refractivity contribution in [2.75, 3.05) is 5.32 Å². The minimum absolute atomic E-state index is 0.00135. The van der Waals surface area contributed by atoms with Gasteiger partial charge >= 0.3 is 5.97 Å². The Hall–Kier alpha value is -3.66. The van der Waals surface area contributed by atoms with E-state index in [-0.39, 0.29) is 11.3 Å². The van der Waals surface area contributed by atoms with Crippen molar-refractivity contribution in [3.8, 4) is 11.1 Å². The number of anilines is 1. The molecule has 4 N–H and O–H groups in total. The van der Waals surface area contributed by atoms with E-state index in [1.165, 1.54) is 12.1 Å². The third-order valence-corrected chi connectivity index (χ3v) is 8.11. The van der Waals surface area contributed by atoms with Crippen LogP contribution in [0.4, 0.5) is 5.69 Å². The smallest absolute Gasteiger partial charge is 0.325 e. The molecule has 2 unspecified atom stereocenters. The van der Waals surface area contributed by atoms with Crippen LogP contribution in [0.2, 0.25) is 5.02 Å². The molecular weight excluding hydrogens is 500 g/mol. The van der Waals surface area contributed by atoms with Gasteiger partial charge in [-0.2, -0.15) is 4.72 Å². The Kier molecular flexibility index (Phi) is 6.29. The highest BCUT2D eigenvalue weighted by Gasteiger charge is 2.63. The van der Waals surface area contributed by atoms with Gasteiger partial charge < -0.3 is 15.4 Å². The Morgan fingerprint density at radius 2 is 1.78 bits per heavy atom. The quantitative estimate of drug-likeness (QED) is 0.254. The normalized spacial score (nSPS) is 19.1. The first-order valence-corrected chi connectivity index (χ1v) is 13.1. The SMILES string of the molecule is O=C(O)C1(NS(=O)(=O)c2ccc(-c3ccc(Cl)cc3)cc2)CC1c1cccc(NCc2cnc[nH]2)c1. The van der Waals surface area contributed by atoms with E-state index in [2.05, 4.69) is 20.0 Å². The van der Waals surface area contributed by atoms with Gasteiger partial charge in [0.05, 0.1) is 23.5 Å². The number of carbonyl (C=O) groups is 1. The molecule has 1 saturated carbocycles. The summed E-state index contributed by atoms with van der Waals surface area (Å²) in [7, 11) is -4.08. The molecule has 0 aliphatic heterocycles.